The second-order valence-electron chi connectivity index (χ2n) is 6.67. The Bertz CT molecular complexity index is 1060. The largest absolute Gasteiger partial charge is 0.322 e. The van der Waals surface area contributed by atoms with Crippen LogP contribution in [0.25, 0.3) is 0 Å². The molecule has 0 bridgehead atoms. The van der Waals surface area contributed by atoms with Crippen LogP contribution in [0, 0.1) is 12.7 Å². The number of nitrogens with zero attached hydrogens (tertiary/aromatic N) is 4. The van der Waals surface area contributed by atoms with Crippen molar-refractivity contribution in [1.82, 2.24) is 5.01 Å². The van der Waals surface area contributed by atoms with Crippen LogP contribution >= 0.6 is 11.6 Å². The van der Waals surface area contributed by atoms with E-state index >= 15 is 0 Å². The number of carbonyl (C=O) groups is 3. The third-order valence-corrected chi connectivity index (χ3v) is 5.13. The Balaban J connectivity index is 1.51. The number of aryl methyl sites for hydroxylation is 1. The van der Waals surface area contributed by atoms with Crippen molar-refractivity contribution in [3.8, 4) is 0 Å². The van der Waals surface area contributed by atoms with Gasteiger partial charge in [0.15, 0.2) is 12.1 Å². The average molecular weight is 416 g/mol. The summed E-state index contributed by atoms with van der Waals surface area (Å²) in [6.45, 7) is 1.44. The minimum Gasteiger partial charge on any atom is -0.322 e. The molecule has 0 spiro atoms. The molecular weight excluding hydrogens is 401 g/mol. The minimum atomic E-state index is -1.04. The highest BCUT2D eigenvalue weighted by atomic mass is 35.5. The molecule has 2 aromatic carbocycles. The van der Waals surface area contributed by atoms with E-state index in [2.05, 4.69) is 15.7 Å². The summed E-state index contributed by atoms with van der Waals surface area (Å²) in [5, 5.41) is 11.6. The quantitative estimate of drug-likeness (QED) is 0.777. The minimum absolute atomic E-state index is 0.00920. The van der Waals surface area contributed by atoms with Crippen LogP contribution in [0.15, 0.2) is 52.8 Å². The van der Waals surface area contributed by atoms with Crippen molar-refractivity contribution in [1.29, 1.82) is 0 Å². The molecule has 29 heavy (non-hydrogen) atoms. The maximum absolute atomic E-state index is 13.7. The molecule has 10 heteroatoms. The highest BCUT2D eigenvalue weighted by Gasteiger charge is 2.55. The number of benzene rings is 2. The molecule has 4 rings (SSSR count). The van der Waals surface area contributed by atoms with Crippen LogP contribution < -0.4 is 10.2 Å². The van der Waals surface area contributed by atoms with Crippen LogP contribution in [0.4, 0.5) is 15.8 Å². The summed E-state index contributed by atoms with van der Waals surface area (Å²) in [7, 11) is 0. The molecule has 3 amide bonds. The van der Waals surface area contributed by atoms with Crippen molar-refractivity contribution in [2.75, 3.05) is 16.8 Å². The summed E-state index contributed by atoms with van der Waals surface area (Å²) in [6, 6.07) is 8.47. The highest BCUT2D eigenvalue weighted by molar-refractivity contribution is 6.32. The number of carbonyl (C=O) groups excluding carboxylic acids is 3. The Morgan fingerprint density at radius 2 is 1.97 bits per heavy atom. The zero-order valence-corrected chi connectivity index (χ0v) is 15.9. The molecule has 0 radical (unpaired) electrons. The maximum atomic E-state index is 13.7. The maximum Gasteiger partial charge on any atom is 0.263 e. The van der Waals surface area contributed by atoms with E-state index in [-0.39, 0.29) is 12.2 Å². The molecule has 0 aliphatic carbocycles. The van der Waals surface area contributed by atoms with Crippen molar-refractivity contribution < 1.29 is 18.8 Å². The van der Waals surface area contributed by atoms with E-state index in [1.54, 1.807) is 25.1 Å². The van der Waals surface area contributed by atoms with Gasteiger partial charge in [-0.25, -0.2) is 9.29 Å². The molecule has 1 N–H and O–H groups in total. The van der Waals surface area contributed by atoms with Gasteiger partial charge in [-0.1, -0.05) is 35.0 Å². The van der Waals surface area contributed by atoms with E-state index in [4.69, 9.17) is 11.6 Å². The van der Waals surface area contributed by atoms with E-state index in [1.165, 1.54) is 24.3 Å². The predicted molar refractivity (Wildman–Crippen MR) is 103 cm³/mol. The van der Waals surface area contributed by atoms with Gasteiger partial charge in [-0.05, 0) is 36.8 Å². The molecule has 1 fully saturated rings. The molecule has 2 aliphatic heterocycles. The first-order valence-electron chi connectivity index (χ1n) is 8.72. The summed E-state index contributed by atoms with van der Waals surface area (Å²) < 4.78 is 13.7. The van der Waals surface area contributed by atoms with Gasteiger partial charge in [0.1, 0.15) is 12.4 Å². The third-order valence-electron chi connectivity index (χ3n) is 4.73. The number of amides is 3. The van der Waals surface area contributed by atoms with Crippen molar-refractivity contribution in [3.63, 3.8) is 0 Å². The standard InChI is InChI=1S/C19H15ClFN5O3/c1-10-6-7-11(8-12(10)20)26-18(28)16-17(19(26)29)25(24-23-16)9-15(27)22-14-5-3-2-4-13(14)21/h2-8,16-17H,9H2,1H3,(H,22,27)/t16-,17+/m1/s1. The summed E-state index contributed by atoms with van der Waals surface area (Å²) in [5.74, 6) is -2.27. The highest BCUT2D eigenvalue weighted by Crippen LogP contribution is 2.33. The topological polar surface area (TPSA) is 94.4 Å². The number of halogens is 2. The van der Waals surface area contributed by atoms with Gasteiger partial charge in [0.2, 0.25) is 5.91 Å². The van der Waals surface area contributed by atoms with Crippen LogP contribution in [-0.4, -0.2) is 41.4 Å². The lowest BCUT2D eigenvalue weighted by atomic mass is 10.1. The van der Waals surface area contributed by atoms with Crippen LogP contribution in [0.2, 0.25) is 5.02 Å². The second-order valence-corrected chi connectivity index (χ2v) is 7.07. The van der Waals surface area contributed by atoms with Gasteiger partial charge in [0.05, 0.1) is 11.4 Å². The fourth-order valence-electron chi connectivity index (χ4n) is 3.23. The Morgan fingerprint density at radius 1 is 1.21 bits per heavy atom. The van der Waals surface area contributed by atoms with E-state index in [9.17, 15) is 18.8 Å². The first kappa shape index (κ1) is 19.0. The summed E-state index contributed by atoms with van der Waals surface area (Å²) in [6.07, 6.45) is 0. The first-order valence-corrected chi connectivity index (χ1v) is 9.10. The Kier molecular flexibility index (Phi) is 4.75. The number of hydrogen-bond acceptors (Lipinski definition) is 6. The number of fused-ring (bicyclic) bond motifs is 1. The van der Waals surface area contributed by atoms with Gasteiger partial charge < -0.3 is 5.32 Å². The first-order chi connectivity index (χ1) is 13.9. The molecule has 2 atom stereocenters. The van der Waals surface area contributed by atoms with Gasteiger partial charge >= 0.3 is 0 Å². The van der Waals surface area contributed by atoms with E-state index in [0.29, 0.717) is 10.7 Å². The molecule has 0 saturated carbocycles. The fourth-order valence-corrected chi connectivity index (χ4v) is 3.40. The fraction of sp³-hybridized carbons (Fsp3) is 0.211. The van der Waals surface area contributed by atoms with Crippen LogP contribution in [-0.2, 0) is 14.4 Å². The third kappa shape index (κ3) is 3.33. The lowest BCUT2D eigenvalue weighted by Gasteiger charge is -2.20. The number of rotatable bonds is 4. The number of imide groups is 1. The van der Waals surface area contributed by atoms with Gasteiger partial charge in [-0.15, -0.1) is 0 Å². The molecule has 148 valence electrons. The van der Waals surface area contributed by atoms with Crippen molar-refractivity contribution in [2.45, 2.75) is 19.0 Å². The van der Waals surface area contributed by atoms with Crippen LogP contribution in [0.3, 0.4) is 0 Å². The van der Waals surface area contributed by atoms with Crippen molar-refractivity contribution >= 4 is 40.7 Å². The van der Waals surface area contributed by atoms with Gasteiger partial charge in [-0.3, -0.25) is 19.4 Å². The zero-order chi connectivity index (χ0) is 20.7. The number of anilines is 2. The lowest BCUT2D eigenvalue weighted by Crippen LogP contribution is -2.43. The van der Waals surface area contributed by atoms with Gasteiger partial charge in [0.25, 0.3) is 11.8 Å². The average Bonchev–Trinajstić information content (AvgIpc) is 3.20. The smallest absolute Gasteiger partial charge is 0.263 e. The summed E-state index contributed by atoms with van der Waals surface area (Å²) >= 11 is 6.11. The van der Waals surface area contributed by atoms with Gasteiger partial charge in [0, 0.05) is 5.02 Å². The van der Waals surface area contributed by atoms with E-state index < -0.39 is 35.6 Å². The number of hydrogen-bond donors (Lipinski definition) is 1. The zero-order valence-electron chi connectivity index (χ0n) is 15.2. The second kappa shape index (κ2) is 7.25. The molecule has 0 unspecified atom stereocenters. The van der Waals surface area contributed by atoms with Crippen LogP contribution in [0.1, 0.15) is 5.56 Å². The SMILES string of the molecule is Cc1ccc(N2C(=O)[C@@H]3[C@@H](N=NN3CC(=O)Nc3ccccc3F)C2=O)cc1Cl. The molecule has 8 nitrogen and oxygen atoms in total. The van der Waals surface area contributed by atoms with Crippen LogP contribution in [0.5, 0.6) is 0 Å². The predicted octanol–water partition coefficient (Wildman–Crippen LogP) is 2.72. The van der Waals surface area contributed by atoms with Crippen molar-refractivity contribution in [2.24, 2.45) is 10.3 Å². The lowest BCUT2D eigenvalue weighted by molar-refractivity contribution is -0.123. The Hall–Kier alpha value is -3.33. The Morgan fingerprint density at radius 3 is 2.69 bits per heavy atom. The molecule has 0 aromatic heterocycles. The Labute approximate surface area is 169 Å². The summed E-state index contributed by atoms with van der Waals surface area (Å²) in [5.41, 5.74) is 1.15. The normalized spacial score (nSPS) is 20.4. The summed E-state index contributed by atoms with van der Waals surface area (Å²) in [4.78, 5) is 38.9. The number of nitrogens with one attached hydrogen (secondary N) is 1. The molecule has 2 aromatic rings. The van der Waals surface area contributed by atoms with E-state index in [0.717, 1.165) is 15.5 Å². The molecule has 1 saturated heterocycles. The van der Waals surface area contributed by atoms with Crippen molar-refractivity contribution in [3.05, 3.63) is 58.9 Å². The van der Waals surface area contributed by atoms with Gasteiger partial charge in [-0.2, -0.15) is 5.11 Å². The monoisotopic (exact) mass is 415 g/mol. The van der Waals surface area contributed by atoms with E-state index in [1.807, 2.05) is 0 Å². The molecule has 2 heterocycles. The molecular formula is C19H15ClFN5O3. The molecule has 2 aliphatic rings. The number of para-hydroxylation sites is 1.